The fourth-order valence-electron chi connectivity index (χ4n) is 1.82. The Kier molecular flexibility index (Phi) is 4.29. The molecular weight excluding hydrogens is 346 g/mol. The van der Waals surface area contributed by atoms with Crippen LogP contribution >= 0.6 is 27.5 Å². The van der Waals surface area contributed by atoms with E-state index in [9.17, 15) is 4.79 Å². The Morgan fingerprint density at radius 2 is 2.30 bits per heavy atom. The van der Waals surface area contributed by atoms with Gasteiger partial charge in [0, 0.05) is 17.7 Å². The number of hydrogen-bond acceptors (Lipinski definition) is 4. The van der Waals surface area contributed by atoms with Crippen LogP contribution in [0.3, 0.4) is 0 Å². The molecule has 2 aromatic rings. The molecule has 0 radical (unpaired) electrons. The second kappa shape index (κ2) is 5.80. The number of rotatable bonds is 3. The van der Waals surface area contributed by atoms with Crippen LogP contribution in [0.25, 0.3) is 0 Å². The van der Waals surface area contributed by atoms with Gasteiger partial charge in [0.15, 0.2) is 5.15 Å². The molecule has 2 aromatic heterocycles. The topological polar surface area (TPSA) is 85.8 Å². The fraction of sp³-hybridized carbons (Fsp3) is 0.250. The summed E-state index contributed by atoms with van der Waals surface area (Å²) >= 11 is 9.21. The van der Waals surface area contributed by atoms with Crippen molar-refractivity contribution in [2.24, 2.45) is 7.05 Å². The molecule has 2 rings (SSSR count). The molecule has 0 atom stereocenters. The molecule has 0 bridgehead atoms. The molecule has 8 heteroatoms. The van der Waals surface area contributed by atoms with Crippen molar-refractivity contribution in [1.82, 2.24) is 14.8 Å². The molecule has 20 heavy (non-hydrogen) atoms. The van der Waals surface area contributed by atoms with E-state index in [1.54, 1.807) is 19.3 Å². The summed E-state index contributed by atoms with van der Waals surface area (Å²) in [6.45, 7) is 1.93. The lowest BCUT2D eigenvalue weighted by molar-refractivity contribution is 0.101. The third-order valence-electron chi connectivity index (χ3n) is 2.76. The number of aryl methyl sites for hydroxylation is 2. The number of pyridine rings is 1. The number of nitrogens with one attached hydrogen (secondary N) is 1. The Hall–Kier alpha value is -1.60. The molecule has 0 aliphatic rings. The van der Waals surface area contributed by atoms with Gasteiger partial charge in [-0.25, -0.2) is 4.98 Å². The predicted octanol–water partition coefficient (Wildman–Crippen LogP) is 2.63. The zero-order valence-corrected chi connectivity index (χ0v) is 13.3. The lowest BCUT2D eigenvalue weighted by atomic mass is 10.2. The van der Waals surface area contributed by atoms with Crippen molar-refractivity contribution >= 4 is 44.8 Å². The highest BCUT2D eigenvalue weighted by Crippen LogP contribution is 2.25. The summed E-state index contributed by atoms with van der Waals surface area (Å²) in [4.78, 5) is 16.2. The van der Waals surface area contributed by atoms with Crippen molar-refractivity contribution in [3.05, 3.63) is 33.3 Å². The van der Waals surface area contributed by atoms with Gasteiger partial charge >= 0.3 is 0 Å². The Balaban J connectivity index is 2.33. The number of anilines is 2. The molecule has 6 nitrogen and oxygen atoms in total. The molecule has 1 amide bonds. The minimum atomic E-state index is -0.376. The van der Waals surface area contributed by atoms with E-state index in [0.29, 0.717) is 33.7 Å². The van der Waals surface area contributed by atoms with E-state index >= 15 is 0 Å². The van der Waals surface area contributed by atoms with Gasteiger partial charge in [-0.3, -0.25) is 9.48 Å². The molecule has 0 aliphatic carbocycles. The quantitative estimate of drug-likeness (QED) is 0.826. The van der Waals surface area contributed by atoms with Gasteiger partial charge in [-0.1, -0.05) is 18.5 Å². The monoisotopic (exact) mass is 357 g/mol. The summed E-state index contributed by atoms with van der Waals surface area (Å²) in [6, 6.07) is 1.67. The Labute approximate surface area is 129 Å². The molecule has 106 valence electrons. The molecule has 0 saturated carbocycles. The van der Waals surface area contributed by atoms with Crippen molar-refractivity contribution in [1.29, 1.82) is 0 Å². The van der Waals surface area contributed by atoms with Gasteiger partial charge in [-0.2, -0.15) is 5.10 Å². The summed E-state index contributed by atoms with van der Waals surface area (Å²) < 4.78 is 2.17. The van der Waals surface area contributed by atoms with Gasteiger partial charge < -0.3 is 11.1 Å². The van der Waals surface area contributed by atoms with Crippen LogP contribution < -0.4 is 11.1 Å². The molecule has 0 unspecified atom stereocenters. The maximum atomic E-state index is 12.3. The first-order chi connectivity index (χ1) is 9.43. The van der Waals surface area contributed by atoms with Crippen molar-refractivity contribution in [3.63, 3.8) is 0 Å². The highest BCUT2D eigenvalue weighted by molar-refractivity contribution is 9.10. The average Bonchev–Trinajstić information content (AvgIpc) is 2.68. The highest BCUT2D eigenvalue weighted by Gasteiger charge is 2.20. The third kappa shape index (κ3) is 2.78. The lowest BCUT2D eigenvalue weighted by Crippen LogP contribution is -2.18. The normalized spacial score (nSPS) is 10.6. The van der Waals surface area contributed by atoms with Crippen molar-refractivity contribution in [2.45, 2.75) is 13.3 Å². The first-order valence-corrected chi connectivity index (χ1v) is 7.04. The van der Waals surface area contributed by atoms with Crippen LogP contribution in [0.1, 0.15) is 23.1 Å². The van der Waals surface area contributed by atoms with Gasteiger partial charge in [0.2, 0.25) is 0 Å². The van der Waals surface area contributed by atoms with Crippen LogP contribution in [-0.2, 0) is 13.5 Å². The van der Waals surface area contributed by atoms with Crippen LogP contribution in [0.4, 0.5) is 11.4 Å². The average molecular weight is 359 g/mol. The standard InChI is InChI=1S/C12H13BrClN5O/c1-3-7-9(15)10(19(2)18-7)12(20)17-8-4-6(13)5-16-11(8)14/h4-5H,3,15H2,1-2H3,(H,17,20). The van der Waals surface area contributed by atoms with Gasteiger partial charge in [-0.05, 0) is 28.4 Å². The highest BCUT2D eigenvalue weighted by atomic mass is 79.9. The molecule has 0 spiro atoms. The first-order valence-electron chi connectivity index (χ1n) is 5.87. The molecule has 3 N–H and O–H groups in total. The minimum absolute atomic E-state index is 0.206. The Morgan fingerprint density at radius 3 is 2.90 bits per heavy atom. The molecule has 0 fully saturated rings. The molecule has 2 heterocycles. The van der Waals surface area contributed by atoms with Gasteiger partial charge in [0.1, 0.15) is 5.69 Å². The smallest absolute Gasteiger partial charge is 0.276 e. The van der Waals surface area contributed by atoms with Gasteiger partial charge in [0.25, 0.3) is 5.91 Å². The molecular formula is C12H13BrClN5O. The maximum Gasteiger partial charge on any atom is 0.276 e. The number of aromatic nitrogens is 3. The maximum absolute atomic E-state index is 12.3. The van der Waals surface area contributed by atoms with E-state index in [-0.39, 0.29) is 11.1 Å². The van der Waals surface area contributed by atoms with Gasteiger partial charge in [-0.15, -0.1) is 0 Å². The zero-order valence-electron chi connectivity index (χ0n) is 10.9. The Bertz CT molecular complexity index is 670. The van der Waals surface area contributed by atoms with E-state index < -0.39 is 0 Å². The summed E-state index contributed by atoms with van der Waals surface area (Å²) in [7, 11) is 1.67. The van der Waals surface area contributed by atoms with Crippen LogP contribution in [0.15, 0.2) is 16.7 Å². The van der Waals surface area contributed by atoms with Crippen LogP contribution in [0, 0.1) is 0 Å². The Morgan fingerprint density at radius 1 is 1.60 bits per heavy atom. The summed E-state index contributed by atoms with van der Waals surface area (Å²) in [5.41, 5.74) is 7.72. The summed E-state index contributed by atoms with van der Waals surface area (Å²) in [6.07, 6.45) is 2.21. The molecule has 0 saturated heterocycles. The minimum Gasteiger partial charge on any atom is -0.395 e. The van der Waals surface area contributed by atoms with E-state index in [1.165, 1.54) is 4.68 Å². The summed E-state index contributed by atoms with van der Waals surface area (Å²) in [5.74, 6) is -0.376. The number of carbonyl (C=O) groups is 1. The SMILES string of the molecule is CCc1nn(C)c(C(=O)Nc2cc(Br)cnc2Cl)c1N. The summed E-state index contributed by atoms with van der Waals surface area (Å²) in [5, 5.41) is 7.09. The van der Waals surface area contributed by atoms with Gasteiger partial charge in [0.05, 0.1) is 17.1 Å². The molecule has 0 aliphatic heterocycles. The largest absolute Gasteiger partial charge is 0.395 e. The van der Waals surface area contributed by atoms with Crippen LogP contribution in [0.5, 0.6) is 0 Å². The number of amides is 1. The van der Waals surface area contributed by atoms with E-state index in [2.05, 4.69) is 31.3 Å². The third-order valence-corrected chi connectivity index (χ3v) is 3.50. The number of carbonyl (C=O) groups excluding carboxylic acids is 1. The first kappa shape index (κ1) is 14.8. The second-order valence-electron chi connectivity index (χ2n) is 4.13. The molecule has 0 aromatic carbocycles. The van der Waals surface area contributed by atoms with Crippen molar-refractivity contribution in [2.75, 3.05) is 11.1 Å². The number of nitrogens with two attached hydrogens (primary N) is 1. The second-order valence-corrected chi connectivity index (χ2v) is 5.41. The van der Waals surface area contributed by atoms with E-state index in [1.807, 2.05) is 6.92 Å². The fourth-order valence-corrected chi connectivity index (χ4v) is 2.30. The van der Waals surface area contributed by atoms with E-state index in [0.717, 1.165) is 0 Å². The van der Waals surface area contributed by atoms with Crippen LogP contribution in [-0.4, -0.2) is 20.7 Å². The van der Waals surface area contributed by atoms with Crippen molar-refractivity contribution < 1.29 is 4.79 Å². The van der Waals surface area contributed by atoms with Crippen molar-refractivity contribution in [3.8, 4) is 0 Å². The number of nitrogen functional groups attached to an aromatic ring is 1. The predicted molar refractivity (Wildman–Crippen MR) is 81.9 cm³/mol. The number of nitrogens with zero attached hydrogens (tertiary/aromatic N) is 3. The zero-order chi connectivity index (χ0) is 14.9. The number of hydrogen-bond donors (Lipinski definition) is 2. The van der Waals surface area contributed by atoms with E-state index in [4.69, 9.17) is 17.3 Å². The lowest BCUT2D eigenvalue weighted by Gasteiger charge is -2.08. The number of halogens is 2. The van der Waals surface area contributed by atoms with Crippen LogP contribution in [0.2, 0.25) is 5.15 Å².